The molecule has 3 rings (SSSR count). The van der Waals surface area contributed by atoms with Crippen molar-refractivity contribution < 1.29 is 14.3 Å². The Morgan fingerprint density at radius 3 is 2.45 bits per heavy atom. The fourth-order valence-electron chi connectivity index (χ4n) is 3.58. The summed E-state index contributed by atoms with van der Waals surface area (Å²) < 4.78 is 5.75. The highest BCUT2D eigenvalue weighted by Crippen LogP contribution is 2.26. The van der Waals surface area contributed by atoms with E-state index >= 15 is 0 Å². The van der Waals surface area contributed by atoms with Crippen molar-refractivity contribution in [1.29, 1.82) is 0 Å². The van der Waals surface area contributed by atoms with Crippen molar-refractivity contribution in [3.8, 4) is 5.75 Å². The standard InChI is InChI=1S/C24H30N2O3/c1-17(2)19-8-5-7-11-22(19)29-16-23(27)25-21-10-6-4-9-20(21)24(28)26-14-12-18(3)13-15-26/h4-11,17-18H,12-16H2,1-3H3,(H,25,27). The van der Waals surface area contributed by atoms with Gasteiger partial charge in [0.05, 0.1) is 11.3 Å². The number of hydrogen-bond donors (Lipinski definition) is 1. The predicted molar refractivity (Wildman–Crippen MR) is 115 cm³/mol. The minimum Gasteiger partial charge on any atom is -0.483 e. The number of para-hydroxylation sites is 2. The van der Waals surface area contributed by atoms with E-state index < -0.39 is 0 Å². The first-order valence-electron chi connectivity index (χ1n) is 10.4. The van der Waals surface area contributed by atoms with Crippen LogP contribution in [0.2, 0.25) is 0 Å². The van der Waals surface area contributed by atoms with Crippen LogP contribution in [0.25, 0.3) is 0 Å². The van der Waals surface area contributed by atoms with Gasteiger partial charge >= 0.3 is 0 Å². The molecule has 0 unspecified atom stereocenters. The Morgan fingerprint density at radius 2 is 1.72 bits per heavy atom. The van der Waals surface area contributed by atoms with Gasteiger partial charge in [0, 0.05) is 13.1 Å². The molecule has 2 aromatic rings. The Morgan fingerprint density at radius 1 is 1.07 bits per heavy atom. The molecule has 1 fully saturated rings. The van der Waals surface area contributed by atoms with Crippen molar-refractivity contribution >= 4 is 17.5 Å². The van der Waals surface area contributed by atoms with E-state index in [2.05, 4.69) is 26.1 Å². The van der Waals surface area contributed by atoms with Crippen molar-refractivity contribution in [2.24, 2.45) is 5.92 Å². The molecule has 2 aromatic carbocycles. The first-order chi connectivity index (χ1) is 14.0. The summed E-state index contributed by atoms with van der Waals surface area (Å²) in [6, 6.07) is 14.9. The molecule has 154 valence electrons. The van der Waals surface area contributed by atoms with E-state index in [9.17, 15) is 9.59 Å². The van der Waals surface area contributed by atoms with Crippen molar-refractivity contribution in [3.05, 3.63) is 59.7 Å². The van der Waals surface area contributed by atoms with Crippen LogP contribution in [-0.4, -0.2) is 36.4 Å². The number of benzene rings is 2. The second kappa shape index (κ2) is 9.59. The number of amides is 2. The molecule has 0 radical (unpaired) electrons. The van der Waals surface area contributed by atoms with E-state index in [4.69, 9.17) is 4.74 Å². The summed E-state index contributed by atoms with van der Waals surface area (Å²) in [7, 11) is 0. The molecular formula is C24H30N2O3. The summed E-state index contributed by atoms with van der Waals surface area (Å²) in [6.45, 7) is 7.81. The first-order valence-corrected chi connectivity index (χ1v) is 10.4. The van der Waals surface area contributed by atoms with Gasteiger partial charge in [-0.05, 0) is 48.4 Å². The Kier molecular flexibility index (Phi) is 6.91. The number of carbonyl (C=O) groups is 2. The van der Waals surface area contributed by atoms with Gasteiger partial charge in [0.15, 0.2) is 6.61 Å². The molecule has 5 heteroatoms. The molecule has 0 saturated carbocycles. The number of anilines is 1. The molecule has 0 atom stereocenters. The number of ether oxygens (including phenoxy) is 1. The molecule has 5 nitrogen and oxygen atoms in total. The molecule has 0 aliphatic carbocycles. The van der Waals surface area contributed by atoms with Crippen molar-refractivity contribution in [2.75, 3.05) is 25.0 Å². The second-order valence-corrected chi connectivity index (χ2v) is 8.05. The van der Waals surface area contributed by atoms with Gasteiger partial charge in [-0.25, -0.2) is 0 Å². The molecule has 1 N–H and O–H groups in total. The Hall–Kier alpha value is -2.82. The molecule has 0 bridgehead atoms. The Labute approximate surface area is 173 Å². The first kappa shape index (κ1) is 20.9. The van der Waals surface area contributed by atoms with E-state index in [1.807, 2.05) is 41.3 Å². The summed E-state index contributed by atoms with van der Waals surface area (Å²) in [6.07, 6.45) is 2.03. The third kappa shape index (κ3) is 5.37. The van der Waals surface area contributed by atoms with E-state index in [1.165, 1.54) is 0 Å². The van der Waals surface area contributed by atoms with E-state index in [1.54, 1.807) is 12.1 Å². The normalized spacial score (nSPS) is 14.7. The maximum absolute atomic E-state index is 13.0. The quantitative estimate of drug-likeness (QED) is 0.773. The lowest BCUT2D eigenvalue weighted by Crippen LogP contribution is -2.38. The largest absolute Gasteiger partial charge is 0.483 e. The van der Waals surface area contributed by atoms with Crippen LogP contribution in [0, 0.1) is 5.92 Å². The number of likely N-dealkylation sites (tertiary alicyclic amines) is 1. The number of rotatable bonds is 6. The van der Waals surface area contributed by atoms with Gasteiger partial charge in [-0.3, -0.25) is 9.59 Å². The third-order valence-electron chi connectivity index (χ3n) is 5.40. The van der Waals surface area contributed by atoms with Gasteiger partial charge in [-0.1, -0.05) is 51.1 Å². The lowest BCUT2D eigenvalue weighted by molar-refractivity contribution is -0.118. The maximum Gasteiger partial charge on any atom is 0.262 e. The lowest BCUT2D eigenvalue weighted by atomic mass is 9.98. The lowest BCUT2D eigenvalue weighted by Gasteiger charge is -2.30. The zero-order chi connectivity index (χ0) is 20.8. The summed E-state index contributed by atoms with van der Waals surface area (Å²) in [5, 5.41) is 2.85. The number of hydrogen-bond acceptors (Lipinski definition) is 3. The number of carbonyl (C=O) groups excluding carboxylic acids is 2. The fraction of sp³-hybridized carbons (Fsp3) is 0.417. The van der Waals surface area contributed by atoms with E-state index in [0.29, 0.717) is 28.8 Å². The number of piperidine rings is 1. The zero-order valence-electron chi connectivity index (χ0n) is 17.5. The molecule has 29 heavy (non-hydrogen) atoms. The van der Waals surface area contributed by atoms with Crippen molar-refractivity contribution in [1.82, 2.24) is 4.90 Å². The van der Waals surface area contributed by atoms with Crippen LogP contribution in [-0.2, 0) is 4.79 Å². The molecule has 1 aliphatic rings. The number of nitrogens with zero attached hydrogens (tertiary/aromatic N) is 1. The predicted octanol–water partition coefficient (Wildman–Crippen LogP) is 4.70. The molecule has 0 aromatic heterocycles. The summed E-state index contributed by atoms with van der Waals surface area (Å²) in [5.74, 6) is 1.36. The molecule has 2 amide bonds. The minimum atomic E-state index is -0.281. The van der Waals surface area contributed by atoms with Crippen LogP contribution in [0.1, 0.15) is 55.5 Å². The van der Waals surface area contributed by atoms with Crippen LogP contribution >= 0.6 is 0 Å². The topological polar surface area (TPSA) is 58.6 Å². The van der Waals surface area contributed by atoms with E-state index in [-0.39, 0.29) is 18.4 Å². The van der Waals surface area contributed by atoms with Crippen molar-refractivity contribution in [3.63, 3.8) is 0 Å². The van der Waals surface area contributed by atoms with E-state index in [0.717, 1.165) is 31.5 Å². The highest BCUT2D eigenvalue weighted by Gasteiger charge is 2.23. The Bertz CT molecular complexity index is 855. The minimum absolute atomic E-state index is 0.0288. The summed E-state index contributed by atoms with van der Waals surface area (Å²) >= 11 is 0. The van der Waals surface area contributed by atoms with Crippen molar-refractivity contribution in [2.45, 2.75) is 39.5 Å². The highest BCUT2D eigenvalue weighted by molar-refractivity contribution is 6.04. The SMILES string of the molecule is CC1CCN(C(=O)c2ccccc2NC(=O)COc2ccccc2C(C)C)CC1. The fourth-order valence-corrected chi connectivity index (χ4v) is 3.58. The molecular weight excluding hydrogens is 364 g/mol. The van der Waals surface area contributed by atoms with Crippen LogP contribution < -0.4 is 10.1 Å². The van der Waals surface area contributed by atoms with Gasteiger partial charge < -0.3 is 15.0 Å². The monoisotopic (exact) mass is 394 g/mol. The average Bonchev–Trinajstić information content (AvgIpc) is 2.73. The van der Waals surface area contributed by atoms with Crippen LogP contribution in [0.5, 0.6) is 5.75 Å². The summed E-state index contributed by atoms with van der Waals surface area (Å²) in [4.78, 5) is 27.3. The molecule has 1 saturated heterocycles. The highest BCUT2D eigenvalue weighted by atomic mass is 16.5. The second-order valence-electron chi connectivity index (χ2n) is 8.05. The average molecular weight is 395 g/mol. The third-order valence-corrected chi connectivity index (χ3v) is 5.40. The molecule has 1 heterocycles. The number of nitrogens with one attached hydrogen (secondary N) is 1. The van der Waals surface area contributed by atoms with Gasteiger partial charge in [-0.15, -0.1) is 0 Å². The van der Waals surface area contributed by atoms with Crippen LogP contribution in [0.15, 0.2) is 48.5 Å². The summed E-state index contributed by atoms with van der Waals surface area (Å²) in [5.41, 5.74) is 2.12. The van der Waals surface area contributed by atoms with Crippen LogP contribution in [0.3, 0.4) is 0 Å². The molecule has 0 spiro atoms. The van der Waals surface area contributed by atoms with Gasteiger partial charge in [0.1, 0.15) is 5.75 Å². The Balaban J connectivity index is 1.65. The van der Waals surface area contributed by atoms with Crippen LogP contribution in [0.4, 0.5) is 5.69 Å². The molecule has 1 aliphatic heterocycles. The maximum atomic E-state index is 13.0. The van der Waals surface area contributed by atoms with Gasteiger partial charge in [0.2, 0.25) is 0 Å². The van der Waals surface area contributed by atoms with Gasteiger partial charge in [0.25, 0.3) is 11.8 Å². The van der Waals surface area contributed by atoms with Gasteiger partial charge in [-0.2, -0.15) is 0 Å². The zero-order valence-corrected chi connectivity index (χ0v) is 17.5. The smallest absolute Gasteiger partial charge is 0.262 e.